The average Bonchev–Trinajstić information content (AvgIpc) is 3.27. The summed E-state index contributed by atoms with van der Waals surface area (Å²) >= 11 is 0. The molecule has 0 bridgehead atoms. The lowest BCUT2D eigenvalue weighted by molar-refractivity contribution is 0.0941. The number of hydrogen-bond donors (Lipinski definition) is 1. The first-order valence-corrected chi connectivity index (χ1v) is 11.4. The van der Waals surface area contributed by atoms with E-state index in [0.29, 0.717) is 25.2 Å². The van der Waals surface area contributed by atoms with Crippen LogP contribution in [0.15, 0.2) is 59.5 Å². The summed E-state index contributed by atoms with van der Waals surface area (Å²) in [4.78, 5) is 15.0. The molecular formula is C22H29N3O3S. The quantitative estimate of drug-likeness (QED) is 0.719. The van der Waals surface area contributed by atoms with E-state index in [0.717, 1.165) is 19.3 Å². The summed E-state index contributed by atoms with van der Waals surface area (Å²) in [6, 6.07) is 16.6. The molecule has 6 nitrogen and oxygen atoms in total. The van der Waals surface area contributed by atoms with Crippen molar-refractivity contribution >= 4 is 15.9 Å². The van der Waals surface area contributed by atoms with Crippen LogP contribution in [0.4, 0.5) is 0 Å². The Hall–Kier alpha value is -2.22. The van der Waals surface area contributed by atoms with Crippen LogP contribution in [0.3, 0.4) is 0 Å². The SMILES string of the molecule is CN(C)C(CNC(=O)c1cccc(S(=O)(=O)N2CCCC2)c1)Cc1ccccc1. The largest absolute Gasteiger partial charge is 0.350 e. The third kappa shape index (κ3) is 5.44. The van der Waals surface area contributed by atoms with Gasteiger partial charge in [0.2, 0.25) is 10.0 Å². The lowest BCUT2D eigenvalue weighted by Crippen LogP contribution is -2.41. The summed E-state index contributed by atoms with van der Waals surface area (Å²) in [5.41, 5.74) is 1.57. The van der Waals surface area contributed by atoms with Gasteiger partial charge in [0.05, 0.1) is 4.90 Å². The fourth-order valence-corrected chi connectivity index (χ4v) is 5.07. The van der Waals surface area contributed by atoms with Gasteiger partial charge in [0.15, 0.2) is 0 Å². The zero-order valence-electron chi connectivity index (χ0n) is 17.0. The number of sulfonamides is 1. The molecule has 0 spiro atoms. The summed E-state index contributed by atoms with van der Waals surface area (Å²) < 4.78 is 27.0. The molecule has 0 aliphatic carbocycles. The van der Waals surface area contributed by atoms with Crippen LogP contribution in [-0.4, -0.2) is 63.3 Å². The Kier molecular flexibility index (Phi) is 7.05. The maximum Gasteiger partial charge on any atom is 0.251 e. The van der Waals surface area contributed by atoms with E-state index in [-0.39, 0.29) is 16.8 Å². The Morgan fingerprint density at radius 1 is 1.07 bits per heavy atom. The molecule has 29 heavy (non-hydrogen) atoms. The molecule has 2 aromatic carbocycles. The van der Waals surface area contributed by atoms with Crippen molar-refractivity contribution in [1.82, 2.24) is 14.5 Å². The van der Waals surface area contributed by atoms with Gasteiger partial charge in [0.1, 0.15) is 0 Å². The second-order valence-corrected chi connectivity index (χ2v) is 9.59. The molecule has 3 rings (SSSR count). The Morgan fingerprint density at radius 3 is 2.41 bits per heavy atom. The predicted molar refractivity (Wildman–Crippen MR) is 114 cm³/mol. The predicted octanol–water partition coefficient (Wildman–Crippen LogP) is 2.37. The van der Waals surface area contributed by atoms with Crippen molar-refractivity contribution in [3.05, 3.63) is 65.7 Å². The van der Waals surface area contributed by atoms with Crippen molar-refractivity contribution < 1.29 is 13.2 Å². The standard InChI is InChI=1S/C22H29N3O3S/c1-24(2)20(15-18-9-4-3-5-10-18)17-23-22(26)19-11-8-12-21(16-19)29(27,28)25-13-6-7-14-25/h3-5,8-12,16,20H,6-7,13-15,17H2,1-2H3,(H,23,26). The van der Waals surface area contributed by atoms with E-state index in [1.54, 1.807) is 18.2 Å². The maximum atomic E-state index is 12.8. The topological polar surface area (TPSA) is 69.7 Å². The average molecular weight is 416 g/mol. The lowest BCUT2D eigenvalue weighted by Gasteiger charge is -2.25. The van der Waals surface area contributed by atoms with Gasteiger partial charge in [-0.2, -0.15) is 4.31 Å². The number of carbonyl (C=O) groups is 1. The van der Waals surface area contributed by atoms with Crippen molar-refractivity contribution in [2.45, 2.75) is 30.2 Å². The maximum absolute atomic E-state index is 12.8. The van der Waals surface area contributed by atoms with Crippen molar-refractivity contribution in [2.24, 2.45) is 0 Å². The number of rotatable bonds is 8. The van der Waals surface area contributed by atoms with Gasteiger partial charge in [-0.15, -0.1) is 0 Å². The second-order valence-electron chi connectivity index (χ2n) is 7.66. The number of carbonyl (C=O) groups excluding carboxylic acids is 1. The molecule has 1 atom stereocenters. The highest BCUT2D eigenvalue weighted by Gasteiger charge is 2.27. The molecule has 156 valence electrons. The lowest BCUT2D eigenvalue weighted by atomic mass is 10.1. The van der Waals surface area contributed by atoms with E-state index in [2.05, 4.69) is 22.3 Å². The van der Waals surface area contributed by atoms with E-state index in [4.69, 9.17) is 0 Å². The van der Waals surface area contributed by atoms with Gasteiger partial charge in [0.25, 0.3) is 5.91 Å². The van der Waals surface area contributed by atoms with Gasteiger partial charge in [0, 0.05) is 31.2 Å². The van der Waals surface area contributed by atoms with Gasteiger partial charge < -0.3 is 10.2 Å². The zero-order chi connectivity index (χ0) is 20.9. The highest BCUT2D eigenvalue weighted by molar-refractivity contribution is 7.89. The van der Waals surface area contributed by atoms with Gasteiger partial charge in [-0.1, -0.05) is 36.4 Å². The number of hydrogen-bond acceptors (Lipinski definition) is 4. The normalized spacial score (nSPS) is 16.1. The third-order valence-corrected chi connectivity index (χ3v) is 7.24. The van der Waals surface area contributed by atoms with E-state index in [9.17, 15) is 13.2 Å². The molecule has 0 aromatic heterocycles. The van der Waals surface area contributed by atoms with Crippen LogP contribution < -0.4 is 5.32 Å². The van der Waals surface area contributed by atoms with Crippen molar-refractivity contribution in [2.75, 3.05) is 33.7 Å². The number of nitrogens with one attached hydrogen (secondary N) is 1. The van der Waals surface area contributed by atoms with Gasteiger partial charge in [-0.25, -0.2) is 8.42 Å². The Balaban J connectivity index is 1.67. The van der Waals surface area contributed by atoms with Gasteiger partial charge >= 0.3 is 0 Å². The molecule has 1 N–H and O–H groups in total. The fourth-order valence-electron chi connectivity index (χ4n) is 3.51. The first-order chi connectivity index (χ1) is 13.9. The van der Waals surface area contributed by atoms with Crippen LogP contribution in [-0.2, 0) is 16.4 Å². The molecule has 1 unspecified atom stereocenters. The summed E-state index contributed by atoms with van der Waals surface area (Å²) in [5, 5.41) is 2.96. The van der Waals surface area contributed by atoms with Crippen LogP contribution in [0.1, 0.15) is 28.8 Å². The molecule has 1 heterocycles. The van der Waals surface area contributed by atoms with Crippen LogP contribution in [0.5, 0.6) is 0 Å². The minimum Gasteiger partial charge on any atom is -0.350 e. The third-order valence-electron chi connectivity index (χ3n) is 5.34. The number of nitrogens with zero attached hydrogens (tertiary/aromatic N) is 2. The molecule has 0 saturated carbocycles. The molecule has 2 aromatic rings. The number of benzene rings is 2. The number of likely N-dealkylation sites (N-methyl/N-ethyl adjacent to an activating group) is 1. The Labute approximate surface area is 173 Å². The first kappa shape index (κ1) is 21.5. The van der Waals surface area contributed by atoms with E-state index in [1.807, 2.05) is 32.3 Å². The Bertz CT molecular complexity index is 923. The first-order valence-electron chi connectivity index (χ1n) is 9.96. The number of amides is 1. The summed E-state index contributed by atoms with van der Waals surface area (Å²) in [6.07, 6.45) is 2.58. The summed E-state index contributed by atoms with van der Waals surface area (Å²) in [7, 11) is 0.443. The van der Waals surface area contributed by atoms with Crippen molar-refractivity contribution in [3.8, 4) is 0 Å². The van der Waals surface area contributed by atoms with E-state index >= 15 is 0 Å². The molecule has 1 aliphatic rings. The molecule has 7 heteroatoms. The molecule has 1 saturated heterocycles. The molecule has 1 amide bonds. The monoisotopic (exact) mass is 415 g/mol. The van der Waals surface area contributed by atoms with Crippen LogP contribution in [0, 0.1) is 0 Å². The van der Waals surface area contributed by atoms with Crippen LogP contribution in [0.2, 0.25) is 0 Å². The van der Waals surface area contributed by atoms with E-state index in [1.165, 1.54) is 15.9 Å². The highest BCUT2D eigenvalue weighted by atomic mass is 32.2. The molecule has 1 aliphatic heterocycles. The van der Waals surface area contributed by atoms with Crippen LogP contribution >= 0.6 is 0 Å². The second kappa shape index (κ2) is 9.52. The van der Waals surface area contributed by atoms with Crippen molar-refractivity contribution in [3.63, 3.8) is 0 Å². The minimum absolute atomic E-state index is 0.137. The summed E-state index contributed by atoms with van der Waals surface area (Å²) in [5.74, 6) is -0.261. The molecule has 1 fully saturated rings. The van der Waals surface area contributed by atoms with Gasteiger partial charge in [-0.05, 0) is 57.1 Å². The van der Waals surface area contributed by atoms with E-state index < -0.39 is 10.0 Å². The molecule has 0 radical (unpaired) electrons. The highest BCUT2D eigenvalue weighted by Crippen LogP contribution is 2.21. The van der Waals surface area contributed by atoms with Crippen LogP contribution in [0.25, 0.3) is 0 Å². The van der Waals surface area contributed by atoms with Crippen molar-refractivity contribution in [1.29, 1.82) is 0 Å². The van der Waals surface area contributed by atoms with Gasteiger partial charge in [-0.3, -0.25) is 4.79 Å². The zero-order valence-corrected chi connectivity index (χ0v) is 17.9. The smallest absolute Gasteiger partial charge is 0.251 e. The minimum atomic E-state index is -3.54. The fraction of sp³-hybridized carbons (Fsp3) is 0.409. The molecular weight excluding hydrogens is 386 g/mol. The Morgan fingerprint density at radius 2 is 1.76 bits per heavy atom. The summed E-state index contributed by atoms with van der Waals surface area (Å²) in [6.45, 7) is 1.56.